The Hall–Kier alpha value is -2.87. The summed E-state index contributed by atoms with van der Waals surface area (Å²) in [5.74, 6) is -0.591. The fourth-order valence-corrected chi connectivity index (χ4v) is 3.70. The van der Waals surface area contributed by atoms with Crippen LogP contribution in [0.4, 0.5) is 0 Å². The number of halogens is 1. The standard InChI is InChI=1S/C23H23ClN2O5/c24-17-4-1-15(2-5-17)13-25-21(27)12-20-22(28)19-11-16(3-6-18(19)23(29)31-20)14-26-7-9-30-10-8-26/h1-6,11,28H,7-10,12-14H2,(H,25,27). The van der Waals surface area contributed by atoms with Gasteiger partial charge in [0, 0.05) is 36.6 Å². The molecule has 1 aliphatic rings. The number of aromatic hydroxyl groups is 1. The predicted molar refractivity (Wildman–Crippen MR) is 117 cm³/mol. The number of rotatable bonds is 6. The van der Waals surface area contributed by atoms with Crippen molar-refractivity contribution in [3.63, 3.8) is 0 Å². The number of nitrogens with one attached hydrogen (secondary N) is 1. The van der Waals surface area contributed by atoms with Crippen LogP contribution in [0.1, 0.15) is 16.9 Å². The molecule has 162 valence electrons. The summed E-state index contributed by atoms with van der Waals surface area (Å²) < 4.78 is 10.6. The van der Waals surface area contributed by atoms with Crippen molar-refractivity contribution < 1.29 is 19.1 Å². The van der Waals surface area contributed by atoms with Crippen molar-refractivity contribution in [1.29, 1.82) is 0 Å². The number of fused-ring (bicyclic) bond motifs is 1. The lowest BCUT2D eigenvalue weighted by Gasteiger charge is -2.26. The molecule has 0 aliphatic carbocycles. The predicted octanol–water partition coefficient (Wildman–Crippen LogP) is 2.84. The molecule has 1 saturated heterocycles. The normalized spacial score (nSPS) is 14.6. The summed E-state index contributed by atoms with van der Waals surface area (Å²) in [4.78, 5) is 27.0. The average molecular weight is 443 g/mol. The first-order valence-corrected chi connectivity index (χ1v) is 10.5. The summed E-state index contributed by atoms with van der Waals surface area (Å²) in [6.45, 7) is 4.05. The van der Waals surface area contributed by atoms with Crippen LogP contribution in [0.15, 0.2) is 51.7 Å². The minimum absolute atomic E-state index is 0.0466. The number of carbonyl (C=O) groups is 1. The second kappa shape index (κ2) is 9.51. The van der Waals surface area contributed by atoms with Crippen molar-refractivity contribution in [2.75, 3.05) is 26.3 Å². The van der Waals surface area contributed by atoms with Gasteiger partial charge in [-0.05, 0) is 35.4 Å². The van der Waals surface area contributed by atoms with Gasteiger partial charge in [0.2, 0.25) is 5.91 Å². The van der Waals surface area contributed by atoms with E-state index in [1.54, 1.807) is 24.3 Å². The van der Waals surface area contributed by atoms with Gasteiger partial charge in [0.05, 0.1) is 25.0 Å². The molecule has 8 heteroatoms. The largest absolute Gasteiger partial charge is 0.504 e. The summed E-state index contributed by atoms with van der Waals surface area (Å²) >= 11 is 5.86. The van der Waals surface area contributed by atoms with Gasteiger partial charge in [0.1, 0.15) is 0 Å². The van der Waals surface area contributed by atoms with E-state index in [1.165, 1.54) is 0 Å². The number of amides is 1. The van der Waals surface area contributed by atoms with Crippen LogP contribution in [0.2, 0.25) is 5.02 Å². The molecule has 2 aromatic carbocycles. The number of carbonyl (C=O) groups excluding carboxylic acids is 1. The first kappa shape index (κ1) is 21.4. The molecular weight excluding hydrogens is 420 g/mol. The molecule has 1 aliphatic heterocycles. The molecule has 3 aromatic rings. The molecule has 1 aromatic heterocycles. The molecule has 0 unspecified atom stereocenters. The highest BCUT2D eigenvalue weighted by Gasteiger charge is 2.18. The van der Waals surface area contributed by atoms with E-state index in [4.69, 9.17) is 20.8 Å². The van der Waals surface area contributed by atoms with Gasteiger partial charge >= 0.3 is 5.63 Å². The van der Waals surface area contributed by atoms with Gasteiger partial charge in [-0.2, -0.15) is 0 Å². The summed E-state index contributed by atoms with van der Waals surface area (Å²) in [7, 11) is 0. The van der Waals surface area contributed by atoms with Gasteiger partial charge in [-0.3, -0.25) is 9.69 Å². The van der Waals surface area contributed by atoms with Gasteiger partial charge in [-0.25, -0.2) is 4.79 Å². The van der Waals surface area contributed by atoms with E-state index in [1.807, 2.05) is 18.2 Å². The average Bonchev–Trinajstić information content (AvgIpc) is 2.77. The molecule has 0 bridgehead atoms. The topological polar surface area (TPSA) is 92.0 Å². The fraction of sp³-hybridized carbons (Fsp3) is 0.304. The maximum atomic E-state index is 12.4. The van der Waals surface area contributed by atoms with E-state index < -0.39 is 5.63 Å². The number of hydrogen-bond acceptors (Lipinski definition) is 6. The quantitative estimate of drug-likeness (QED) is 0.610. The van der Waals surface area contributed by atoms with E-state index in [0.717, 1.165) is 24.2 Å². The van der Waals surface area contributed by atoms with Crippen molar-refractivity contribution in [3.05, 3.63) is 74.8 Å². The minimum Gasteiger partial charge on any atom is -0.504 e. The Labute approximate surface area is 184 Å². The monoisotopic (exact) mass is 442 g/mol. The van der Waals surface area contributed by atoms with Crippen LogP contribution in [0.25, 0.3) is 10.8 Å². The molecule has 7 nitrogen and oxygen atoms in total. The number of ether oxygens (including phenoxy) is 1. The number of nitrogens with zero attached hydrogens (tertiary/aromatic N) is 1. The van der Waals surface area contributed by atoms with Crippen molar-refractivity contribution in [3.8, 4) is 5.75 Å². The van der Waals surface area contributed by atoms with Crippen molar-refractivity contribution >= 4 is 28.3 Å². The Balaban J connectivity index is 1.50. The first-order valence-electron chi connectivity index (χ1n) is 10.1. The van der Waals surface area contributed by atoms with Crippen LogP contribution in [0, 0.1) is 0 Å². The fourth-order valence-electron chi connectivity index (χ4n) is 3.58. The van der Waals surface area contributed by atoms with Crippen LogP contribution in [-0.4, -0.2) is 42.2 Å². The van der Waals surface area contributed by atoms with E-state index >= 15 is 0 Å². The Kier molecular flexibility index (Phi) is 6.56. The first-order chi connectivity index (χ1) is 15.0. The lowest BCUT2D eigenvalue weighted by Crippen LogP contribution is -2.35. The molecule has 0 saturated carbocycles. The van der Waals surface area contributed by atoms with E-state index in [-0.39, 0.29) is 29.2 Å². The third kappa shape index (κ3) is 5.25. The van der Waals surface area contributed by atoms with Crippen LogP contribution >= 0.6 is 11.6 Å². The SMILES string of the molecule is O=C(Cc1oc(=O)c2ccc(CN3CCOCC3)cc2c1O)NCc1ccc(Cl)cc1. The molecule has 0 atom stereocenters. The number of hydrogen-bond donors (Lipinski definition) is 2. The second-order valence-corrected chi connectivity index (χ2v) is 7.95. The van der Waals surface area contributed by atoms with Crippen LogP contribution in [-0.2, 0) is 29.0 Å². The molecule has 0 radical (unpaired) electrons. The van der Waals surface area contributed by atoms with E-state index in [9.17, 15) is 14.7 Å². The Morgan fingerprint density at radius 1 is 1.06 bits per heavy atom. The molecular formula is C23H23ClN2O5. The molecule has 31 heavy (non-hydrogen) atoms. The smallest absolute Gasteiger partial charge is 0.344 e. The van der Waals surface area contributed by atoms with E-state index in [2.05, 4.69) is 10.2 Å². The zero-order valence-corrected chi connectivity index (χ0v) is 17.7. The molecule has 2 heterocycles. The Bertz CT molecular complexity index is 1140. The lowest BCUT2D eigenvalue weighted by molar-refractivity contribution is -0.120. The summed E-state index contributed by atoms with van der Waals surface area (Å²) in [5.41, 5.74) is 1.27. The minimum atomic E-state index is -0.578. The second-order valence-electron chi connectivity index (χ2n) is 7.51. The Morgan fingerprint density at radius 2 is 1.77 bits per heavy atom. The molecule has 0 spiro atoms. The molecule has 2 N–H and O–H groups in total. The summed E-state index contributed by atoms with van der Waals surface area (Å²) in [6.07, 6.45) is -0.238. The van der Waals surface area contributed by atoms with Gasteiger partial charge in [0.25, 0.3) is 0 Å². The van der Waals surface area contributed by atoms with Crippen molar-refractivity contribution in [2.45, 2.75) is 19.5 Å². The zero-order chi connectivity index (χ0) is 21.8. The third-order valence-corrected chi connectivity index (χ3v) is 5.52. The number of morpholine rings is 1. The van der Waals surface area contributed by atoms with Crippen LogP contribution in [0.3, 0.4) is 0 Å². The highest BCUT2D eigenvalue weighted by atomic mass is 35.5. The van der Waals surface area contributed by atoms with Crippen molar-refractivity contribution in [2.24, 2.45) is 0 Å². The maximum absolute atomic E-state index is 12.4. The zero-order valence-electron chi connectivity index (χ0n) is 16.9. The van der Waals surface area contributed by atoms with E-state index in [0.29, 0.717) is 36.7 Å². The third-order valence-electron chi connectivity index (χ3n) is 5.27. The molecule has 4 rings (SSSR count). The number of benzene rings is 2. The maximum Gasteiger partial charge on any atom is 0.344 e. The highest BCUT2D eigenvalue weighted by Crippen LogP contribution is 2.28. The molecule has 1 amide bonds. The van der Waals surface area contributed by atoms with Crippen molar-refractivity contribution in [1.82, 2.24) is 10.2 Å². The summed E-state index contributed by atoms with van der Waals surface area (Å²) in [6, 6.07) is 12.4. The molecule has 1 fully saturated rings. The highest BCUT2D eigenvalue weighted by molar-refractivity contribution is 6.30. The van der Waals surface area contributed by atoms with Gasteiger partial charge in [-0.1, -0.05) is 29.8 Å². The van der Waals surface area contributed by atoms with Gasteiger partial charge in [-0.15, -0.1) is 0 Å². The van der Waals surface area contributed by atoms with Crippen LogP contribution in [0.5, 0.6) is 5.75 Å². The van der Waals surface area contributed by atoms with Gasteiger partial charge < -0.3 is 19.6 Å². The summed E-state index contributed by atoms with van der Waals surface area (Å²) in [5, 5.41) is 14.8. The Morgan fingerprint density at radius 3 is 2.52 bits per heavy atom. The van der Waals surface area contributed by atoms with Crippen LogP contribution < -0.4 is 10.9 Å². The lowest BCUT2D eigenvalue weighted by atomic mass is 10.1. The van der Waals surface area contributed by atoms with Gasteiger partial charge in [0.15, 0.2) is 11.5 Å².